The maximum atomic E-state index is 9.10. The van der Waals surface area contributed by atoms with Crippen molar-refractivity contribution in [1.82, 2.24) is 14.7 Å². The third-order valence-electron chi connectivity index (χ3n) is 3.92. The summed E-state index contributed by atoms with van der Waals surface area (Å²) in [6.07, 6.45) is 0. The van der Waals surface area contributed by atoms with E-state index in [1.54, 1.807) is 0 Å². The second-order valence-electron chi connectivity index (χ2n) is 5.38. The molecule has 0 atom stereocenters. The normalized spacial score (nSPS) is 11.3. The molecule has 4 heteroatoms. The van der Waals surface area contributed by atoms with Crippen molar-refractivity contribution in [2.24, 2.45) is 0 Å². The number of aromatic nitrogens is 2. The van der Waals surface area contributed by atoms with E-state index in [2.05, 4.69) is 48.1 Å². The molecular formula is C17H25N3O. The molecule has 0 spiro atoms. The Balaban J connectivity index is 2.11. The van der Waals surface area contributed by atoms with Gasteiger partial charge in [0.1, 0.15) is 0 Å². The van der Waals surface area contributed by atoms with Gasteiger partial charge in [-0.25, -0.2) is 0 Å². The molecule has 1 aromatic carbocycles. The van der Waals surface area contributed by atoms with Crippen LogP contribution in [0.2, 0.25) is 0 Å². The molecule has 0 aliphatic heterocycles. The molecule has 0 unspecified atom stereocenters. The summed E-state index contributed by atoms with van der Waals surface area (Å²) in [5, 5.41) is 13.6. The van der Waals surface area contributed by atoms with Gasteiger partial charge in [-0.3, -0.25) is 9.58 Å². The van der Waals surface area contributed by atoms with Crippen LogP contribution >= 0.6 is 0 Å². The van der Waals surface area contributed by atoms with Gasteiger partial charge in [0.15, 0.2) is 0 Å². The summed E-state index contributed by atoms with van der Waals surface area (Å²) in [4.78, 5) is 2.41. The first kappa shape index (κ1) is 15.7. The third kappa shape index (κ3) is 3.93. The van der Waals surface area contributed by atoms with Gasteiger partial charge < -0.3 is 5.11 Å². The molecule has 0 aliphatic rings. The molecule has 0 bridgehead atoms. The number of aliphatic hydroxyl groups excluding tert-OH is 1. The summed E-state index contributed by atoms with van der Waals surface area (Å²) in [5.41, 5.74) is 4.83. The Morgan fingerprint density at radius 1 is 1.14 bits per heavy atom. The Kier molecular flexibility index (Phi) is 5.53. The maximum absolute atomic E-state index is 9.10. The zero-order valence-corrected chi connectivity index (χ0v) is 13.2. The van der Waals surface area contributed by atoms with E-state index < -0.39 is 0 Å². The quantitative estimate of drug-likeness (QED) is 0.851. The fourth-order valence-electron chi connectivity index (χ4n) is 2.62. The zero-order valence-electron chi connectivity index (χ0n) is 13.2. The molecule has 0 saturated carbocycles. The van der Waals surface area contributed by atoms with E-state index in [4.69, 9.17) is 5.11 Å². The van der Waals surface area contributed by atoms with Crippen LogP contribution in [0.4, 0.5) is 0 Å². The molecule has 0 fully saturated rings. The summed E-state index contributed by atoms with van der Waals surface area (Å²) in [7, 11) is 0. The first-order chi connectivity index (χ1) is 10.2. The molecule has 1 heterocycles. The van der Waals surface area contributed by atoms with E-state index in [0.29, 0.717) is 6.54 Å². The van der Waals surface area contributed by atoms with Gasteiger partial charge in [0.25, 0.3) is 0 Å². The highest BCUT2D eigenvalue weighted by Crippen LogP contribution is 2.17. The first-order valence-corrected chi connectivity index (χ1v) is 7.55. The van der Waals surface area contributed by atoms with Gasteiger partial charge in [0, 0.05) is 24.3 Å². The van der Waals surface area contributed by atoms with E-state index in [1.165, 1.54) is 11.1 Å². The van der Waals surface area contributed by atoms with Gasteiger partial charge in [-0.15, -0.1) is 0 Å². The SMILES string of the molecule is CCN(Cc1ccccc1)Cc1c(C)nn(CCO)c1C. The lowest BCUT2D eigenvalue weighted by atomic mass is 10.1. The number of benzene rings is 1. The number of aryl methyl sites for hydroxylation is 1. The molecule has 0 radical (unpaired) electrons. The molecule has 2 aromatic rings. The first-order valence-electron chi connectivity index (χ1n) is 7.55. The lowest BCUT2D eigenvalue weighted by molar-refractivity contribution is 0.265. The smallest absolute Gasteiger partial charge is 0.0644 e. The van der Waals surface area contributed by atoms with Crippen molar-refractivity contribution >= 4 is 0 Å². The van der Waals surface area contributed by atoms with Crippen molar-refractivity contribution in [2.75, 3.05) is 13.2 Å². The summed E-state index contributed by atoms with van der Waals surface area (Å²) in [5.74, 6) is 0. The summed E-state index contributed by atoms with van der Waals surface area (Å²) in [6, 6.07) is 10.5. The largest absolute Gasteiger partial charge is 0.394 e. The Morgan fingerprint density at radius 2 is 1.86 bits per heavy atom. The van der Waals surface area contributed by atoms with E-state index in [9.17, 15) is 0 Å². The van der Waals surface area contributed by atoms with Gasteiger partial charge in [0.05, 0.1) is 18.8 Å². The third-order valence-corrected chi connectivity index (χ3v) is 3.92. The van der Waals surface area contributed by atoms with Crippen molar-refractivity contribution in [3.05, 3.63) is 52.8 Å². The molecule has 4 nitrogen and oxygen atoms in total. The Hall–Kier alpha value is -1.65. The van der Waals surface area contributed by atoms with Crippen LogP contribution in [-0.2, 0) is 19.6 Å². The highest BCUT2D eigenvalue weighted by Gasteiger charge is 2.14. The lowest BCUT2D eigenvalue weighted by Crippen LogP contribution is -2.23. The fourth-order valence-corrected chi connectivity index (χ4v) is 2.62. The molecule has 2 rings (SSSR count). The zero-order chi connectivity index (χ0) is 15.2. The molecular weight excluding hydrogens is 262 g/mol. The standard InChI is InChI=1S/C17H25N3O/c1-4-19(12-16-8-6-5-7-9-16)13-17-14(2)18-20(10-11-21)15(17)3/h5-9,21H,4,10-13H2,1-3H3. The summed E-state index contributed by atoms with van der Waals surface area (Å²) >= 11 is 0. The number of hydrogen-bond donors (Lipinski definition) is 1. The minimum Gasteiger partial charge on any atom is -0.394 e. The van der Waals surface area contributed by atoms with Gasteiger partial charge in [-0.05, 0) is 26.0 Å². The van der Waals surface area contributed by atoms with Gasteiger partial charge in [-0.2, -0.15) is 5.10 Å². The predicted octanol–water partition coefficient (Wildman–Crippen LogP) is 2.51. The van der Waals surface area contributed by atoms with Crippen LogP contribution in [0.5, 0.6) is 0 Å². The van der Waals surface area contributed by atoms with Gasteiger partial charge in [0.2, 0.25) is 0 Å². The van der Waals surface area contributed by atoms with E-state index in [-0.39, 0.29) is 6.61 Å². The molecule has 0 aliphatic carbocycles. The van der Waals surface area contributed by atoms with Crippen molar-refractivity contribution in [3.8, 4) is 0 Å². The van der Waals surface area contributed by atoms with E-state index in [0.717, 1.165) is 31.0 Å². The topological polar surface area (TPSA) is 41.3 Å². The Morgan fingerprint density at radius 3 is 2.48 bits per heavy atom. The van der Waals surface area contributed by atoms with E-state index in [1.807, 2.05) is 17.7 Å². The highest BCUT2D eigenvalue weighted by molar-refractivity contribution is 5.24. The number of hydrogen-bond acceptors (Lipinski definition) is 3. The maximum Gasteiger partial charge on any atom is 0.0644 e. The van der Waals surface area contributed by atoms with Gasteiger partial charge >= 0.3 is 0 Å². The van der Waals surface area contributed by atoms with Crippen LogP contribution < -0.4 is 0 Å². The van der Waals surface area contributed by atoms with Crippen LogP contribution in [0.1, 0.15) is 29.4 Å². The summed E-state index contributed by atoms with van der Waals surface area (Å²) < 4.78 is 1.90. The van der Waals surface area contributed by atoms with Crippen molar-refractivity contribution < 1.29 is 5.11 Å². The van der Waals surface area contributed by atoms with Crippen LogP contribution in [0, 0.1) is 13.8 Å². The predicted molar refractivity (Wildman–Crippen MR) is 85.0 cm³/mol. The van der Waals surface area contributed by atoms with Crippen molar-refractivity contribution in [2.45, 2.75) is 40.4 Å². The second-order valence-corrected chi connectivity index (χ2v) is 5.38. The minimum atomic E-state index is 0.128. The highest BCUT2D eigenvalue weighted by atomic mass is 16.3. The van der Waals surface area contributed by atoms with Gasteiger partial charge in [-0.1, -0.05) is 37.3 Å². The monoisotopic (exact) mass is 287 g/mol. The number of nitrogens with zero attached hydrogens (tertiary/aromatic N) is 3. The lowest BCUT2D eigenvalue weighted by Gasteiger charge is -2.21. The molecule has 21 heavy (non-hydrogen) atoms. The van der Waals surface area contributed by atoms with Crippen LogP contribution in [-0.4, -0.2) is 32.9 Å². The number of rotatable bonds is 7. The average molecular weight is 287 g/mol. The molecule has 1 aromatic heterocycles. The Labute approximate surface area is 127 Å². The molecule has 1 N–H and O–H groups in total. The van der Waals surface area contributed by atoms with Crippen LogP contribution in [0.3, 0.4) is 0 Å². The summed E-state index contributed by atoms with van der Waals surface area (Å²) in [6.45, 7) is 9.86. The second kappa shape index (κ2) is 7.38. The van der Waals surface area contributed by atoms with E-state index >= 15 is 0 Å². The van der Waals surface area contributed by atoms with Crippen molar-refractivity contribution in [3.63, 3.8) is 0 Å². The fraction of sp³-hybridized carbons (Fsp3) is 0.471. The van der Waals surface area contributed by atoms with Crippen LogP contribution in [0.25, 0.3) is 0 Å². The average Bonchev–Trinajstić information content (AvgIpc) is 2.75. The molecule has 0 saturated heterocycles. The van der Waals surface area contributed by atoms with Crippen molar-refractivity contribution in [1.29, 1.82) is 0 Å². The minimum absolute atomic E-state index is 0.128. The number of aliphatic hydroxyl groups is 1. The Bertz CT molecular complexity index is 563. The molecule has 0 amide bonds. The molecule has 114 valence electrons. The van der Waals surface area contributed by atoms with Crippen LogP contribution in [0.15, 0.2) is 30.3 Å².